The quantitative estimate of drug-likeness (QED) is 0.384. The van der Waals surface area contributed by atoms with Crippen LogP contribution in [0, 0.1) is 5.41 Å². The van der Waals surface area contributed by atoms with Crippen LogP contribution in [0.4, 0.5) is 32.0 Å². The highest BCUT2D eigenvalue weighted by Crippen LogP contribution is 2.32. The van der Waals surface area contributed by atoms with Gasteiger partial charge in [0.2, 0.25) is 0 Å². The van der Waals surface area contributed by atoms with Crippen molar-refractivity contribution in [3.63, 3.8) is 0 Å². The number of hydrogen-bond donors (Lipinski definition) is 2. The molecule has 0 radical (unpaired) electrons. The van der Waals surface area contributed by atoms with E-state index in [0.29, 0.717) is 12.1 Å². The first-order valence-corrected chi connectivity index (χ1v) is 10.8. The number of benzene rings is 1. The highest BCUT2D eigenvalue weighted by atomic mass is 32.2. The van der Waals surface area contributed by atoms with Gasteiger partial charge >= 0.3 is 12.4 Å². The molecular weight excluding hydrogens is 476 g/mol. The Morgan fingerprint density at radius 3 is 2.48 bits per heavy atom. The van der Waals surface area contributed by atoms with Gasteiger partial charge in [0.15, 0.2) is 9.84 Å². The molecule has 0 saturated carbocycles. The molecule has 0 aliphatic rings. The third-order valence-electron chi connectivity index (χ3n) is 4.42. The first-order chi connectivity index (χ1) is 15.2. The minimum absolute atomic E-state index is 0.0593. The summed E-state index contributed by atoms with van der Waals surface area (Å²) in [7, 11) is -3.86. The maximum absolute atomic E-state index is 12.9. The second-order valence-electron chi connectivity index (χ2n) is 6.67. The van der Waals surface area contributed by atoms with Gasteiger partial charge in [-0.3, -0.25) is 9.81 Å². The number of aromatic nitrogens is 3. The van der Waals surface area contributed by atoms with E-state index < -0.39 is 33.6 Å². The smallest absolute Gasteiger partial charge is 0.362 e. The van der Waals surface area contributed by atoms with Crippen molar-refractivity contribution in [3.05, 3.63) is 54.8 Å². The molecule has 2 N–H and O–H groups in total. The number of halogens is 6. The number of rotatable bonds is 6. The van der Waals surface area contributed by atoms with Crippen LogP contribution in [0.15, 0.2) is 54.0 Å². The molecule has 2 aromatic heterocycles. The minimum atomic E-state index is -4.83. The molecule has 1 aromatic carbocycles. The number of imidazole rings is 1. The minimum Gasteiger partial charge on any atom is -0.362 e. The van der Waals surface area contributed by atoms with Gasteiger partial charge in [-0.2, -0.15) is 26.3 Å². The molecule has 0 unspecified atom stereocenters. The standard InChI is InChI=1S/C19H15F6N5O2S/c1-2-33(31,32)14-7-11(27-6-5-15(26)18(20,21)22)3-4-12(14)13-9-30-10-28-16(19(23,24)25)8-17(30)29-13/h3-10,26-27H,2H2,1H3/b6-5-,26-15?. The summed E-state index contributed by atoms with van der Waals surface area (Å²) in [6.07, 6.45) is -6.00. The van der Waals surface area contributed by atoms with Crippen molar-refractivity contribution in [2.45, 2.75) is 24.2 Å². The molecule has 2 heterocycles. The predicted octanol–water partition coefficient (Wildman–Crippen LogP) is 4.72. The third kappa shape index (κ3) is 5.32. The Balaban J connectivity index is 2.03. The molecule has 0 aliphatic carbocycles. The third-order valence-corrected chi connectivity index (χ3v) is 6.18. The predicted molar refractivity (Wildman–Crippen MR) is 108 cm³/mol. The molecule has 14 heteroatoms. The molecule has 7 nitrogen and oxygen atoms in total. The molecular formula is C19H15F6N5O2S. The van der Waals surface area contributed by atoms with Crippen LogP contribution in [-0.2, 0) is 16.0 Å². The fraction of sp³-hybridized carbons (Fsp3) is 0.211. The van der Waals surface area contributed by atoms with E-state index in [4.69, 9.17) is 5.41 Å². The molecule has 0 spiro atoms. The number of hydrogen-bond acceptors (Lipinski definition) is 6. The first kappa shape index (κ1) is 24.2. The number of alkyl halides is 6. The summed E-state index contributed by atoms with van der Waals surface area (Å²) in [4.78, 5) is 7.17. The Hall–Kier alpha value is -3.42. The van der Waals surface area contributed by atoms with E-state index in [0.717, 1.165) is 12.5 Å². The second kappa shape index (κ2) is 8.50. The van der Waals surface area contributed by atoms with Crippen molar-refractivity contribution >= 4 is 26.9 Å². The van der Waals surface area contributed by atoms with Crippen molar-refractivity contribution in [1.29, 1.82) is 5.41 Å². The normalized spacial score (nSPS) is 13.1. The molecule has 0 fully saturated rings. The average Bonchev–Trinajstić information content (AvgIpc) is 3.15. The Bertz CT molecular complexity index is 1340. The molecule has 176 valence electrons. The topological polar surface area (TPSA) is 100 Å². The first-order valence-electron chi connectivity index (χ1n) is 9.10. The van der Waals surface area contributed by atoms with Gasteiger partial charge in [0, 0.05) is 29.7 Å². The SMILES string of the molecule is CCS(=O)(=O)c1cc(N/C=C\C(=N)C(F)(F)F)ccc1-c1cn2cnc(C(F)(F)F)cc2n1. The Morgan fingerprint density at radius 2 is 1.88 bits per heavy atom. The van der Waals surface area contributed by atoms with Crippen LogP contribution >= 0.6 is 0 Å². The van der Waals surface area contributed by atoms with Crippen LogP contribution in [0.25, 0.3) is 16.9 Å². The van der Waals surface area contributed by atoms with Crippen LogP contribution in [0.2, 0.25) is 0 Å². The second-order valence-corrected chi connectivity index (χ2v) is 8.91. The van der Waals surface area contributed by atoms with Gasteiger partial charge in [0.25, 0.3) is 0 Å². The molecule has 3 aromatic rings. The molecule has 3 rings (SSSR count). The van der Waals surface area contributed by atoms with Gasteiger partial charge in [-0.1, -0.05) is 6.92 Å². The van der Waals surface area contributed by atoms with Crippen LogP contribution < -0.4 is 5.32 Å². The number of nitrogens with one attached hydrogen (secondary N) is 2. The number of nitrogens with zero attached hydrogens (tertiary/aromatic N) is 3. The van der Waals surface area contributed by atoms with Gasteiger partial charge in [-0.05, 0) is 24.3 Å². The van der Waals surface area contributed by atoms with Crippen LogP contribution in [-0.4, -0.2) is 40.4 Å². The lowest BCUT2D eigenvalue weighted by molar-refractivity contribution is -0.141. The van der Waals surface area contributed by atoms with Gasteiger partial charge < -0.3 is 5.32 Å². The number of fused-ring (bicyclic) bond motifs is 1. The maximum atomic E-state index is 12.9. The molecule has 0 bridgehead atoms. The fourth-order valence-electron chi connectivity index (χ4n) is 2.73. The largest absolute Gasteiger partial charge is 0.433 e. The summed E-state index contributed by atoms with van der Waals surface area (Å²) in [5.74, 6) is -0.314. The van der Waals surface area contributed by atoms with E-state index in [2.05, 4.69) is 15.3 Å². The molecule has 33 heavy (non-hydrogen) atoms. The lowest BCUT2D eigenvalue weighted by Gasteiger charge is -2.10. The Kier molecular flexibility index (Phi) is 6.24. The van der Waals surface area contributed by atoms with Crippen molar-refractivity contribution < 1.29 is 34.8 Å². The molecule has 0 aliphatic heterocycles. The lowest BCUT2D eigenvalue weighted by Crippen LogP contribution is -2.19. The number of sulfone groups is 1. The highest BCUT2D eigenvalue weighted by Gasteiger charge is 2.33. The van der Waals surface area contributed by atoms with Gasteiger partial charge in [0.05, 0.1) is 16.3 Å². The van der Waals surface area contributed by atoms with Gasteiger partial charge in [-0.25, -0.2) is 18.4 Å². The summed E-state index contributed by atoms with van der Waals surface area (Å²) in [6, 6.07) is 4.57. The molecule has 0 saturated heterocycles. The average molecular weight is 491 g/mol. The van der Waals surface area contributed by atoms with Gasteiger partial charge in [-0.15, -0.1) is 0 Å². The monoisotopic (exact) mass is 491 g/mol. The van der Waals surface area contributed by atoms with E-state index in [1.807, 2.05) is 0 Å². The van der Waals surface area contributed by atoms with Crippen molar-refractivity contribution in [2.75, 3.05) is 11.1 Å². The van der Waals surface area contributed by atoms with E-state index in [1.54, 1.807) is 0 Å². The summed E-state index contributed by atoms with van der Waals surface area (Å²) >= 11 is 0. The summed E-state index contributed by atoms with van der Waals surface area (Å²) in [5.41, 5.74) is -2.62. The zero-order valence-corrected chi connectivity index (χ0v) is 17.5. The van der Waals surface area contributed by atoms with E-state index >= 15 is 0 Å². The summed E-state index contributed by atoms with van der Waals surface area (Å²) < 4.78 is 102. The Labute approximate surface area is 183 Å². The summed E-state index contributed by atoms with van der Waals surface area (Å²) in [5, 5.41) is 9.36. The molecule has 0 amide bonds. The fourth-order valence-corrected chi connectivity index (χ4v) is 3.85. The van der Waals surface area contributed by atoms with Crippen molar-refractivity contribution in [2.24, 2.45) is 0 Å². The van der Waals surface area contributed by atoms with Crippen LogP contribution in [0.1, 0.15) is 12.6 Å². The van der Waals surface area contributed by atoms with Crippen LogP contribution in [0.5, 0.6) is 0 Å². The number of allylic oxidation sites excluding steroid dienone is 1. The lowest BCUT2D eigenvalue weighted by atomic mass is 10.1. The summed E-state index contributed by atoms with van der Waals surface area (Å²) in [6.45, 7) is 1.38. The number of anilines is 1. The van der Waals surface area contributed by atoms with E-state index in [9.17, 15) is 34.8 Å². The molecule has 0 atom stereocenters. The van der Waals surface area contributed by atoms with E-state index in [1.165, 1.54) is 35.7 Å². The Morgan fingerprint density at radius 1 is 1.18 bits per heavy atom. The van der Waals surface area contributed by atoms with E-state index in [-0.39, 0.29) is 33.2 Å². The maximum Gasteiger partial charge on any atom is 0.433 e. The zero-order valence-electron chi connectivity index (χ0n) is 16.7. The van der Waals surface area contributed by atoms with Gasteiger partial charge in [0.1, 0.15) is 23.4 Å². The van der Waals surface area contributed by atoms with Crippen molar-refractivity contribution in [3.8, 4) is 11.3 Å². The van der Waals surface area contributed by atoms with Crippen LogP contribution in [0.3, 0.4) is 0 Å². The van der Waals surface area contributed by atoms with Crippen molar-refractivity contribution in [1.82, 2.24) is 14.4 Å². The zero-order chi connectivity index (χ0) is 24.6. The highest BCUT2D eigenvalue weighted by molar-refractivity contribution is 7.91.